The zero-order valence-corrected chi connectivity index (χ0v) is 12.5. The van der Waals surface area contributed by atoms with Gasteiger partial charge in [0.2, 0.25) is 0 Å². The molecular formula is C14H31NO3. The molecular weight excluding hydrogens is 230 g/mol. The standard InChI is InChI=1S/C14H31NO3/c1-5-14(12-16,15-6-2)9-8-10-18-13(4)11-17-7-3/h13,15-16H,5-12H2,1-4H3. The van der Waals surface area contributed by atoms with Crippen LogP contribution in [0.15, 0.2) is 0 Å². The molecule has 0 aromatic carbocycles. The molecule has 0 aliphatic heterocycles. The Morgan fingerprint density at radius 3 is 2.50 bits per heavy atom. The predicted octanol–water partition coefficient (Wildman–Crippen LogP) is 1.96. The van der Waals surface area contributed by atoms with Crippen molar-refractivity contribution in [2.75, 3.05) is 33.0 Å². The second-order valence-corrected chi connectivity index (χ2v) is 4.77. The molecule has 0 aromatic heterocycles. The lowest BCUT2D eigenvalue weighted by Crippen LogP contribution is -2.48. The second-order valence-electron chi connectivity index (χ2n) is 4.77. The fraction of sp³-hybridized carbons (Fsp3) is 1.00. The lowest BCUT2D eigenvalue weighted by atomic mass is 9.91. The molecule has 0 radical (unpaired) electrons. The van der Waals surface area contributed by atoms with Crippen LogP contribution in [0.2, 0.25) is 0 Å². The molecule has 0 amide bonds. The number of likely N-dealkylation sites (N-methyl/N-ethyl adjacent to an activating group) is 1. The van der Waals surface area contributed by atoms with Gasteiger partial charge in [0.25, 0.3) is 0 Å². The minimum atomic E-state index is -0.138. The van der Waals surface area contributed by atoms with Crippen LogP contribution in [0, 0.1) is 0 Å². The van der Waals surface area contributed by atoms with Crippen LogP contribution in [0.25, 0.3) is 0 Å². The average Bonchev–Trinajstić information content (AvgIpc) is 2.40. The fourth-order valence-corrected chi connectivity index (χ4v) is 2.04. The van der Waals surface area contributed by atoms with Crippen LogP contribution in [0.4, 0.5) is 0 Å². The first kappa shape index (κ1) is 17.8. The summed E-state index contributed by atoms with van der Waals surface area (Å²) in [6.45, 7) is 11.4. The summed E-state index contributed by atoms with van der Waals surface area (Å²) < 4.78 is 11.0. The summed E-state index contributed by atoms with van der Waals surface area (Å²) in [6, 6.07) is 0. The molecule has 0 aliphatic carbocycles. The molecule has 18 heavy (non-hydrogen) atoms. The van der Waals surface area contributed by atoms with E-state index < -0.39 is 0 Å². The van der Waals surface area contributed by atoms with E-state index >= 15 is 0 Å². The number of rotatable bonds is 12. The molecule has 0 rings (SSSR count). The highest BCUT2D eigenvalue weighted by Crippen LogP contribution is 2.17. The molecule has 2 unspecified atom stereocenters. The largest absolute Gasteiger partial charge is 0.394 e. The van der Waals surface area contributed by atoms with Gasteiger partial charge in [-0.1, -0.05) is 13.8 Å². The Labute approximate surface area is 112 Å². The number of aliphatic hydroxyl groups excluding tert-OH is 1. The summed E-state index contributed by atoms with van der Waals surface area (Å²) in [5.41, 5.74) is -0.138. The summed E-state index contributed by atoms with van der Waals surface area (Å²) >= 11 is 0. The minimum absolute atomic E-state index is 0.138. The van der Waals surface area contributed by atoms with Gasteiger partial charge in [-0.25, -0.2) is 0 Å². The van der Waals surface area contributed by atoms with Crippen molar-refractivity contribution in [1.29, 1.82) is 0 Å². The van der Waals surface area contributed by atoms with E-state index in [0.717, 1.165) is 39.0 Å². The highest BCUT2D eigenvalue weighted by molar-refractivity contribution is 4.85. The number of hydrogen-bond donors (Lipinski definition) is 2. The first-order valence-corrected chi connectivity index (χ1v) is 7.19. The first-order chi connectivity index (χ1) is 8.64. The molecule has 0 heterocycles. The Balaban J connectivity index is 3.79. The zero-order chi connectivity index (χ0) is 13.9. The van der Waals surface area contributed by atoms with E-state index in [1.54, 1.807) is 0 Å². The smallest absolute Gasteiger partial charge is 0.0780 e. The van der Waals surface area contributed by atoms with Crippen LogP contribution in [-0.4, -0.2) is 49.7 Å². The third-order valence-corrected chi connectivity index (χ3v) is 3.29. The summed E-state index contributed by atoms with van der Waals surface area (Å²) in [6.07, 6.45) is 2.98. The Kier molecular flexibility index (Phi) is 10.6. The van der Waals surface area contributed by atoms with Crippen molar-refractivity contribution in [3.63, 3.8) is 0 Å². The second kappa shape index (κ2) is 10.7. The molecule has 110 valence electrons. The summed E-state index contributed by atoms with van der Waals surface area (Å²) in [5.74, 6) is 0. The van der Waals surface area contributed by atoms with E-state index in [1.165, 1.54) is 0 Å². The monoisotopic (exact) mass is 261 g/mol. The third-order valence-electron chi connectivity index (χ3n) is 3.29. The number of ether oxygens (including phenoxy) is 2. The number of aliphatic hydroxyl groups is 1. The van der Waals surface area contributed by atoms with Gasteiger partial charge in [0.15, 0.2) is 0 Å². The van der Waals surface area contributed by atoms with E-state index in [0.29, 0.717) is 6.61 Å². The maximum absolute atomic E-state index is 9.51. The molecule has 0 aliphatic rings. The van der Waals surface area contributed by atoms with E-state index in [-0.39, 0.29) is 18.2 Å². The SMILES string of the molecule is CCNC(CC)(CO)CCCOC(C)COCC. The normalized spacial score (nSPS) is 16.5. The van der Waals surface area contributed by atoms with E-state index in [1.807, 2.05) is 13.8 Å². The fourth-order valence-electron chi connectivity index (χ4n) is 2.04. The van der Waals surface area contributed by atoms with Crippen LogP contribution in [0.1, 0.15) is 47.0 Å². The Morgan fingerprint density at radius 1 is 1.28 bits per heavy atom. The summed E-state index contributed by atoms with van der Waals surface area (Å²) in [4.78, 5) is 0. The van der Waals surface area contributed by atoms with Crippen molar-refractivity contribution >= 4 is 0 Å². The van der Waals surface area contributed by atoms with Crippen molar-refractivity contribution < 1.29 is 14.6 Å². The maximum atomic E-state index is 9.51. The van der Waals surface area contributed by atoms with Gasteiger partial charge in [-0.05, 0) is 39.7 Å². The van der Waals surface area contributed by atoms with Crippen LogP contribution >= 0.6 is 0 Å². The Hall–Kier alpha value is -0.160. The topological polar surface area (TPSA) is 50.7 Å². The lowest BCUT2D eigenvalue weighted by Gasteiger charge is -2.32. The number of hydrogen-bond acceptors (Lipinski definition) is 4. The predicted molar refractivity (Wildman–Crippen MR) is 74.9 cm³/mol. The quantitative estimate of drug-likeness (QED) is 0.527. The molecule has 2 N–H and O–H groups in total. The molecule has 2 atom stereocenters. The Bertz CT molecular complexity index is 184. The van der Waals surface area contributed by atoms with Crippen molar-refractivity contribution in [2.24, 2.45) is 0 Å². The van der Waals surface area contributed by atoms with Gasteiger partial charge in [0, 0.05) is 18.8 Å². The van der Waals surface area contributed by atoms with Gasteiger partial charge in [-0.15, -0.1) is 0 Å². The van der Waals surface area contributed by atoms with Crippen molar-refractivity contribution in [3.8, 4) is 0 Å². The van der Waals surface area contributed by atoms with Gasteiger partial charge in [-0.3, -0.25) is 0 Å². The van der Waals surface area contributed by atoms with Crippen LogP contribution in [0.5, 0.6) is 0 Å². The van der Waals surface area contributed by atoms with Crippen LogP contribution < -0.4 is 5.32 Å². The first-order valence-electron chi connectivity index (χ1n) is 7.19. The van der Waals surface area contributed by atoms with Crippen molar-refractivity contribution in [1.82, 2.24) is 5.32 Å². The highest BCUT2D eigenvalue weighted by Gasteiger charge is 2.25. The van der Waals surface area contributed by atoms with E-state index in [4.69, 9.17) is 9.47 Å². The summed E-state index contributed by atoms with van der Waals surface area (Å²) in [5, 5.41) is 12.9. The molecule has 0 aromatic rings. The molecule has 0 spiro atoms. The molecule has 0 saturated heterocycles. The Morgan fingerprint density at radius 2 is 2.00 bits per heavy atom. The number of nitrogens with one attached hydrogen (secondary N) is 1. The zero-order valence-electron chi connectivity index (χ0n) is 12.5. The van der Waals surface area contributed by atoms with Crippen molar-refractivity contribution in [3.05, 3.63) is 0 Å². The van der Waals surface area contributed by atoms with Gasteiger partial charge >= 0.3 is 0 Å². The van der Waals surface area contributed by atoms with Crippen LogP contribution in [0.3, 0.4) is 0 Å². The van der Waals surface area contributed by atoms with Gasteiger partial charge in [0.1, 0.15) is 0 Å². The molecule has 4 heteroatoms. The minimum Gasteiger partial charge on any atom is -0.394 e. The van der Waals surface area contributed by atoms with Crippen LogP contribution in [-0.2, 0) is 9.47 Å². The van der Waals surface area contributed by atoms with E-state index in [2.05, 4.69) is 19.2 Å². The molecule has 0 fully saturated rings. The average molecular weight is 261 g/mol. The van der Waals surface area contributed by atoms with Gasteiger partial charge < -0.3 is 19.9 Å². The lowest BCUT2D eigenvalue weighted by molar-refractivity contribution is -0.00734. The van der Waals surface area contributed by atoms with E-state index in [9.17, 15) is 5.11 Å². The van der Waals surface area contributed by atoms with Gasteiger partial charge in [0.05, 0.1) is 19.3 Å². The molecule has 4 nitrogen and oxygen atoms in total. The molecule has 0 bridgehead atoms. The maximum Gasteiger partial charge on any atom is 0.0780 e. The third kappa shape index (κ3) is 7.31. The summed E-state index contributed by atoms with van der Waals surface area (Å²) in [7, 11) is 0. The highest BCUT2D eigenvalue weighted by atomic mass is 16.5. The van der Waals surface area contributed by atoms with Crippen molar-refractivity contribution in [2.45, 2.75) is 58.6 Å². The molecule has 0 saturated carbocycles. The van der Waals surface area contributed by atoms with Gasteiger partial charge in [-0.2, -0.15) is 0 Å².